The fourth-order valence-electron chi connectivity index (χ4n) is 2.20. The largest absolute Gasteiger partial charge is 0.317 e. The normalized spacial score (nSPS) is 17.8. The molecule has 0 bridgehead atoms. The number of rotatable bonds is 5. The Bertz CT molecular complexity index is 477. The van der Waals surface area contributed by atoms with E-state index in [0.29, 0.717) is 11.6 Å². The lowest BCUT2D eigenvalue weighted by atomic mass is 9.96. The van der Waals surface area contributed by atoms with E-state index in [1.807, 2.05) is 0 Å². The maximum Gasteiger partial charge on any atom is 0.232 e. The van der Waals surface area contributed by atoms with Gasteiger partial charge in [0.25, 0.3) is 0 Å². The van der Waals surface area contributed by atoms with E-state index in [0.717, 1.165) is 32.4 Å². The maximum atomic E-state index is 11.9. The summed E-state index contributed by atoms with van der Waals surface area (Å²) in [6.07, 6.45) is 6.05. The highest BCUT2D eigenvalue weighted by Crippen LogP contribution is 2.17. The molecule has 0 aromatic carbocycles. The Balaban J connectivity index is 1.83. The second-order valence-electron chi connectivity index (χ2n) is 4.81. The minimum absolute atomic E-state index is 0.187. The number of hydrogen-bond acceptors (Lipinski definition) is 4. The van der Waals surface area contributed by atoms with Gasteiger partial charge in [-0.05, 0) is 38.3 Å². The number of aryl methyl sites for hydroxylation is 1. The molecule has 0 atom stereocenters. The van der Waals surface area contributed by atoms with Gasteiger partial charge in [0, 0.05) is 13.2 Å². The van der Waals surface area contributed by atoms with Gasteiger partial charge in [0.1, 0.15) is 0 Å². The molecule has 0 saturated carbocycles. The van der Waals surface area contributed by atoms with Crippen LogP contribution < -0.4 is 10.0 Å². The van der Waals surface area contributed by atoms with Crippen molar-refractivity contribution >= 4 is 15.7 Å². The van der Waals surface area contributed by atoms with Crippen LogP contribution in [-0.2, 0) is 17.1 Å². The fraction of sp³-hybridized carbons (Fsp3) is 0.727. The molecule has 102 valence electrons. The Morgan fingerprint density at radius 1 is 1.50 bits per heavy atom. The lowest BCUT2D eigenvalue weighted by Crippen LogP contribution is -2.29. The predicted molar refractivity (Wildman–Crippen MR) is 70.8 cm³/mol. The first-order valence-corrected chi connectivity index (χ1v) is 7.90. The molecule has 0 spiro atoms. The second-order valence-corrected chi connectivity index (χ2v) is 6.65. The topological polar surface area (TPSA) is 76.0 Å². The average Bonchev–Trinajstić information content (AvgIpc) is 2.73. The average molecular weight is 272 g/mol. The van der Waals surface area contributed by atoms with Crippen molar-refractivity contribution in [1.82, 2.24) is 15.1 Å². The van der Waals surface area contributed by atoms with E-state index < -0.39 is 10.0 Å². The van der Waals surface area contributed by atoms with E-state index in [9.17, 15) is 8.42 Å². The van der Waals surface area contributed by atoms with Crippen LogP contribution in [0.3, 0.4) is 0 Å². The molecule has 2 rings (SSSR count). The quantitative estimate of drug-likeness (QED) is 0.821. The Hall–Kier alpha value is -1.08. The first-order chi connectivity index (χ1) is 8.55. The SMILES string of the molecule is Cn1cc(NS(=O)(=O)CCC2CCNCC2)cn1. The van der Waals surface area contributed by atoms with Gasteiger partial charge in [-0.2, -0.15) is 5.10 Å². The van der Waals surface area contributed by atoms with E-state index >= 15 is 0 Å². The van der Waals surface area contributed by atoms with Gasteiger partial charge in [-0.15, -0.1) is 0 Å². The third-order valence-corrected chi connectivity index (χ3v) is 4.55. The van der Waals surface area contributed by atoms with Crippen LogP contribution in [0.2, 0.25) is 0 Å². The van der Waals surface area contributed by atoms with Crippen LogP contribution in [0.25, 0.3) is 0 Å². The predicted octanol–water partition coefficient (Wildman–Crippen LogP) is 0.551. The van der Waals surface area contributed by atoms with Crippen LogP contribution in [0.4, 0.5) is 5.69 Å². The number of hydrogen-bond donors (Lipinski definition) is 2. The van der Waals surface area contributed by atoms with Crippen molar-refractivity contribution in [3.63, 3.8) is 0 Å². The number of nitrogens with one attached hydrogen (secondary N) is 2. The second kappa shape index (κ2) is 5.71. The zero-order valence-corrected chi connectivity index (χ0v) is 11.4. The van der Waals surface area contributed by atoms with Gasteiger partial charge < -0.3 is 5.32 Å². The highest BCUT2D eigenvalue weighted by molar-refractivity contribution is 7.92. The molecule has 1 aliphatic heterocycles. The van der Waals surface area contributed by atoms with Gasteiger partial charge in [-0.3, -0.25) is 9.40 Å². The van der Waals surface area contributed by atoms with E-state index in [-0.39, 0.29) is 5.75 Å². The standard InChI is InChI=1S/C11H20N4O2S/c1-15-9-11(8-13-15)14-18(16,17)7-4-10-2-5-12-6-3-10/h8-10,12,14H,2-7H2,1H3. The molecule has 0 aliphatic carbocycles. The van der Waals surface area contributed by atoms with Gasteiger partial charge in [0.15, 0.2) is 0 Å². The Labute approximate surface area is 108 Å². The van der Waals surface area contributed by atoms with Crippen molar-refractivity contribution in [3.05, 3.63) is 12.4 Å². The Morgan fingerprint density at radius 2 is 2.22 bits per heavy atom. The summed E-state index contributed by atoms with van der Waals surface area (Å²) in [6, 6.07) is 0. The Morgan fingerprint density at radius 3 is 2.83 bits per heavy atom. The number of piperidine rings is 1. The number of anilines is 1. The number of sulfonamides is 1. The van der Waals surface area contributed by atoms with Crippen molar-refractivity contribution in [2.75, 3.05) is 23.6 Å². The van der Waals surface area contributed by atoms with Crippen LogP contribution in [0.5, 0.6) is 0 Å². The summed E-state index contributed by atoms with van der Waals surface area (Å²) >= 11 is 0. The van der Waals surface area contributed by atoms with Gasteiger partial charge in [0.05, 0.1) is 17.6 Å². The van der Waals surface area contributed by atoms with Crippen molar-refractivity contribution < 1.29 is 8.42 Å². The summed E-state index contributed by atoms with van der Waals surface area (Å²) in [5.41, 5.74) is 0.530. The zero-order valence-electron chi connectivity index (χ0n) is 10.6. The summed E-state index contributed by atoms with van der Waals surface area (Å²) in [6.45, 7) is 2.00. The minimum atomic E-state index is -3.24. The van der Waals surface area contributed by atoms with E-state index in [1.54, 1.807) is 17.9 Å². The lowest BCUT2D eigenvalue weighted by molar-refractivity contribution is 0.365. The van der Waals surface area contributed by atoms with Crippen molar-refractivity contribution in [1.29, 1.82) is 0 Å². The molecule has 18 heavy (non-hydrogen) atoms. The molecule has 2 heterocycles. The van der Waals surface area contributed by atoms with Gasteiger partial charge >= 0.3 is 0 Å². The van der Waals surface area contributed by atoms with Gasteiger partial charge in [-0.25, -0.2) is 8.42 Å². The molecule has 7 heteroatoms. The van der Waals surface area contributed by atoms with Crippen LogP contribution in [0.15, 0.2) is 12.4 Å². The van der Waals surface area contributed by atoms with Crippen molar-refractivity contribution in [3.8, 4) is 0 Å². The summed E-state index contributed by atoms with van der Waals surface area (Å²) in [7, 11) is -1.49. The molecule has 1 fully saturated rings. The highest BCUT2D eigenvalue weighted by Gasteiger charge is 2.18. The fourth-order valence-corrected chi connectivity index (χ4v) is 3.41. The molecular formula is C11H20N4O2S. The summed E-state index contributed by atoms with van der Waals surface area (Å²) in [4.78, 5) is 0. The molecule has 1 aromatic heterocycles. The molecule has 1 saturated heterocycles. The summed E-state index contributed by atoms with van der Waals surface area (Å²) in [5, 5.41) is 7.21. The molecule has 6 nitrogen and oxygen atoms in total. The van der Waals surface area contributed by atoms with E-state index in [4.69, 9.17) is 0 Å². The molecule has 2 N–H and O–H groups in total. The van der Waals surface area contributed by atoms with Crippen LogP contribution >= 0.6 is 0 Å². The molecule has 1 aliphatic rings. The van der Waals surface area contributed by atoms with Crippen molar-refractivity contribution in [2.24, 2.45) is 13.0 Å². The monoisotopic (exact) mass is 272 g/mol. The van der Waals surface area contributed by atoms with Crippen LogP contribution in [-0.4, -0.2) is 37.0 Å². The first kappa shape index (κ1) is 13.4. The molecule has 0 unspecified atom stereocenters. The smallest absolute Gasteiger partial charge is 0.232 e. The Kier molecular flexibility index (Phi) is 4.23. The van der Waals surface area contributed by atoms with E-state index in [1.165, 1.54) is 6.20 Å². The minimum Gasteiger partial charge on any atom is -0.317 e. The molecular weight excluding hydrogens is 252 g/mol. The molecule has 1 aromatic rings. The first-order valence-electron chi connectivity index (χ1n) is 6.25. The number of aromatic nitrogens is 2. The van der Waals surface area contributed by atoms with Gasteiger partial charge in [0.2, 0.25) is 10.0 Å². The highest BCUT2D eigenvalue weighted by atomic mass is 32.2. The summed E-state index contributed by atoms with van der Waals surface area (Å²) in [5.74, 6) is 0.712. The molecule has 0 amide bonds. The third kappa shape index (κ3) is 3.99. The van der Waals surface area contributed by atoms with Crippen LogP contribution in [0.1, 0.15) is 19.3 Å². The summed E-state index contributed by atoms with van der Waals surface area (Å²) < 4.78 is 27.9. The lowest BCUT2D eigenvalue weighted by Gasteiger charge is -2.22. The van der Waals surface area contributed by atoms with Gasteiger partial charge in [-0.1, -0.05) is 0 Å². The maximum absolute atomic E-state index is 11.9. The third-order valence-electron chi connectivity index (χ3n) is 3.23. The van der Waals surface area contributed by atoms with Crippen LogP contribution in [0, 0.1) is 5.92 Å². The zero-order chi connectivity index (χ0) is 13.0. The van der Waals surface area contributed by atoms with Crippen molar-refractivity contribution in [2.45, 2.75) is 19.3 Å². The van der Waals surface area contributed by atoms with E-state index in [2.05, 4.69) is 15.1 Å². The number of nitrogens with zero attached hydrogens (tertiary/aromatic N) is 2. The molecule has 0 radical (unpaired) electrons.